The van der Waals surface area contributed by atoms with E-state index in [2.05, 4.69) is 4.98 Å². The Hall–Kier alpha value is -2.89. The average molecular weight is 365 g/mol. The van der Waals surface area contributed by atoms with Crippen molar-refractivity contribution in [3.63, 3.8) is 0 Å². The molecule has 2 unspecified atom stereocenters. The Morgan fingerprint density at radius 1 is 1.37 bits per heavy atom. The van der Waals surface area contributed by atoms with Gasteiger partial charge in [-0.3, -0.25) is 9.59 Å². The SMILES string of the molecule is Cc1c[nH]c(=O)c2c(C(=O)N3CC4CC4(c4cccc(F)c4)C3)cn(C)c12. The monoisotopic (exact) mass is 365 g/mol. The van der Waals surface area contributed by atoms with Gasteiger partial charge in [0.15, 0.2) is 0 Å². The van der Waals surface area contributed by atoms with Crippen LogP contribution in [0.3, 0.4) is 0 Å². The van der Waals surface area contributed by atoms with Crippen LogP contribution in [0.5, 0.6) is 0 Å². The summed E-state index contributed by atoms with van der Waals surface area (Å²) in [5, 5.41) is 0.447. The molecule has 2 aromatic heterocycles. The number of H-pyrrole nitrogens is 1. The number of hydrogen-bond acceptors (Lipinski definition) is 2. The third-order valence-corrected chi connectivity index (χ3v) is 6.26. The summed E-state index contributed by atoms with van der Waals surface area (Å²) in [5.74, 6) is -0.00807. The Morgan fingerprint density at radius 3 is 2.96 bits per heavy atom. The zero-order valence-electron chi connectivity index (χ0n) is 15.3. The molecule has 1 saturated heterocycles. The molecule has 2 fully saturated rings. The fourth-order valence-corrected chi connectivity index (χ4v) is 4.86. The van der Waals surface area contributed by atoms with Crippen LogP contribution in [0.2, 0.25) is 0 Å². The number of amides is 1. The van der Waals surface area contributed by atoms with Gasteiger partial charge in [0.25, 0.3) is 11.5 Å². The number of fused-ring (bicyclic) bond motifs is 2. The molecule has 0 bridgehead atoms. The van der Waals surface area contributed by atoms with Gasteiger partial charge in [-0.15, -0.1) is 0 Å². The maximum Gasteiger partial charge on any atom is 0.258 e. The Morgan fingerprint density at radius 2 is 2.19 bits per heavy atom. The van der Waals surface area contributed by atoms with Crippen LogP contribution < -0.4 is 5.56 Å². The molecule has 3 aromatic rings. The lowest BCUT2D eigenvalue weighted by molar-refractivity contribution is 0.0774. The fourth-order valence-electron chi connectivity index (χ4n) is 4.86. The number of rotatable bonds is 2. The Bertz CT molecular complexity index is 1160. The van der Waals surface area contributed by atoms with E-state index in [1.807, 2.05) is 29.5 Å². The summed E-state index contributed by atoms with van der Waals surface area (Å²) in [7, 11) is 1.85. The third kappa shape index (κ3) is 2.22. The number of carbonyl (C=O) groups is 1. The lowest BCUT2D eigenvalue weighted by Crippen LogP contribution is -2.33. The van der Waals surface area contributed by atoms with Crippen LogP contribution in [0, 0.1) is 18.7 Å². The molecule has 1 amide bonds. The second-order valence-electron chi connectivity index (χ2n) is 7.93. The maximum absolute atomic E-state index is 13.7. The molecular formula is C21H20FN3O2. The van der Waals surface area contributed by atoms with E-state index in [0.717, 1.165) is 23.1 Å². The quantitative estimate of drug-likeness (QED) is 0.759. The molecule has 6 heteroatoms. The highest BCUT2D eigenvalue weighted by Gasteiger charge is 2.61. The highest BCUT2D eigenvalue weighted by Crippen LogP contribution is 2.59. The van der Waals surface area contributed by atoms with Crippen LogP contribution in [-0.4, -0.2) is 33.4 Å². The molecule has 1 N–H and O–H groups in total. The number of carbonyl (C=O) groups excluding carboxylic acids is 1. The molecule has 1 aliphatic heterocycles. The Balaban J connectivity index is 1.51. The molecule has 138 valence electrons. The number of likely N-dealkylation sites (tertiary alicyclic amines) is 1. The summed E-state index contributed by atoms with van der Waals surface area (Å²) >= 11 is 0. The van der Waals surface area contributed by atoms with E-state index in [9.17, 15) is 14.0 Å². The topological polar surface area (TPSA) is 58.1 Å². The van der Waals surface area contributed by atoms with Gasteiger partial charge in [0.2, 0.25) is 0 Å². The molecule has 1 aliphatic carbocycles. The molecule has 2 atom stereocenters. The maximum atomic E-state index is 13.7. The molecule has 5 rings (SSSR count). The lowest BCUT2D eigenvalue weighted by Gasteiger charge is -2.21. The number of nitrogens with one attached hydrogen (secondary N) is 1. The van der Waals surface area contributed by atoms with Gasteiger partial charge < -0.3 is 14.5 Å². The zero-order chi connectivity index (χ0) is 18.9. The molecule has 1 aromatic carbocycles. The minimum atomic E-state index is -0.247. The van der Waals surface area contributed by atoms with E-state index in [-0.39, 0.29) is 22.7 Å². The fraction of sp³-hybridized carbons (Fsp3) is 0.333. The number of halogens is 1. The number of piperidine rings is 1. The number of hydrogen-bond donors (Lipinski definition) is 1. The van der Waals surface area contributed by atoms with Gasteiger partial charge in [-0.1, -0.05) is 12.1 Å². The summed E-state index contributed by atoms with van der Waals surface area (Å²) in [6.45, 7) is 3.13. The van der Waals surface area contributed by atoms with E-state index in [0.29, 0.717) is 30.0 Å². The van der Waals surface area contributed by atoms with Gasteiger partial charge in [-0.05, 0) is 42.5 Å². The molecule has 1 saturated carbocycles. The van der Waals surface area contributed by atoms with Crippen molar-refractivity contribution in [1.29, 1.82) is 0 Å². The standard InChI is InChI=1S/C21H20FN3O2/c1-12-8-23-19(26)17-16(10-24(2)18(12)17)20(27)25-9-14-7-21(14,11-25)13-4-3-5-15(22)6-13/h3-6,8,10,14H,7,9,11H2,1-2H3,(H,23,26). The number of pyridine rings is 1. The number of aromatic amines is 1. The first-order valence-electron chi connectivity index (χ1n) is 9.13. The molecular weight excluding hydrogens is 345 g/mol. The predicted molar refractivity (Wildman–Crippen MR) is 100 cm³/mol. The first-order chi connectivity index (χ1) is 12.9. The van der Waals surface area contributed by atoms with Crippen LogP contribution in [0.25, 0.3) is 10.9 Å². The van der Waals surface area contributed by atoms with Crippen molar-refractivity contribution in [3.05, 3.63) is 69.5 Å². The third-order valence-electron chi connectivity index (χ3n) is 6.26. The zero-order valence-corrected chi connectivity index (χ0v) is 15.3. The van der Waals surface area contributed by atoms with E-state index in [4.69, 9.17) is 0 Å². The van der Waals surface area contributed by atoms with Crippen LogP contribution in [-0.2, 0) is 12.5 Å². The van der Waals surface area contributed by atoms with Crippen molar-refractivity contribution in [3.8, 4) is 0 Å². The van der Waals surface area contributed by atoms with Crippen LogP contribution in [0.15, 0.2) is 41.5 Å². The predicted octanol–water partition coefficient (Wildman–Crippen LogP) is 2.73. The molecule has 27 heavy (non-hydrogen) atoms. The molecule has 3 heterocycles. The number of nitrogens with zero attached hydrogens (tertiary/aromatic N) is 2. The molecule has 0 radical (unpaired) electrons. The van der Waals surface area contributed by atoms with Gasteiger partial charge in [0, 0.05) is 37.9 Å². The Kier molecular flexibility index (Phi) is 3.21. The van der Waals surface area contributed by atoms with Crippen LogP contribution >= 0.6 is 0 Å². The van der Waals surface area contributed by atoms with Gasteiger partial charge in [0.1, 0.15) is 5.82 Å². The summed E-state index contributed by atoms with van der Waals surface area (Å²) in [6, 6.07) is 6.70. The summed E-state index contributed by atoms with van der Waals surface area (Å²) < 4.78 is 15.5. The Labute approximate surface area is 155 Å². The molecule has 2 aliphatic rings. The van der Waals surface area contributed by atoms with Crippen molar-refractivity contribution in [2.24, 2.45) is 13.0 Å². The van der Waals surface area contributed by atoms with E-state index >= 15 is 0 Å². The van der Waals surface area contributed by atoms with Crippen molar-refractivity contribution >= 4 is 16.8 Å². The van der Waals surface area contributed by atoms with Gasteiger partial charge >= 0.3 is 0 Å². The molecule has 5 nitrogen and oxygen atoms in total. The first kappa shape index (κ1) is 16.3. The number of aryl methyl sites for hydroxylation is 2. The van der Waals surface area contributed by atoms with Gasteiger partial charge in [0.05, 0.1) is 16.5 Å². The highest BCUT2D eigenvalue weighted by atomic mass is 19.1. The minimum absolute atomic E-state index is 0.125. The van der Waals surface area contributed by atoms with Gasteiger partial charge in [-0.2, -0.15) is 0 Å². The first-order valence-corrected chi connectivity index (χ1v) is 9.13. The van der Waals surface area contributed by atoms with E-state index in [1.165, 1.54) is 6.07 Å². The van der Waals surface area contributed by atoms with E-state index < -0.39 is 0 Å². The second-order valence-corrected chi connectivity index (χ2v) is 7.93. The van der Waals surface area contributed by atoms with Crippen molar-refractivity contribution in [2.45, 2.75) is 18.8 Å². The summed E-state index contributed by atoms with van der Waals surface area (Å²) in [5.41, 5.74) is 2.73. The highest BCUT2D eigenvalue weighted by molar-refractivity contribution is 6.07. The van der Waals surface area contributed by atoms with E-state index in [1.54, 1.807) is 24.5 Å². The van der Waals surface area contributed by atoms with Crippen molar-refractivity contribution in [1.82, 2.24) is 14.5 Å². The number of benzene rings is 1. The summed E-state index contributed by atoms with van der Waals surface area (Å²) in [4.78, 5) is 30.2. The second kappa shape index (κ2) is 5.31. The van der Waals surface area contributed by atoms with Crippen molar-refractivity contribution in [2.75, 3.05) is 13.1 Å². The van der Waals surface area contributed by atoms with Crippen LogP contribution in [0.1, 0.15) is 27.9 Å². The van der Waals surface area contributed by atoms with Crippen LogP contribution in [0.4, 0.5) is 4.39 Å². The lowest BCUT2D eigenvalue weighted by atomic mass is 9.95. The normalized spacial score (nSPS) is 23.7. The minimum Gasteiger partial charge on any atom is -0.349 e. The van der Waals surface area contributed by atoms with Gasteiger partial charge in [-0.25, -0.2) is 4.39 Å². The molecule has 0 spiro atoms. The van der Waals surface area contributed by atoms with Crippen molar-refractivity contribution < 1.29 is 9.18 Å². The largest absolute Gasteiger partial charge is 0.349 e. The average Bonchev–Trinajstić information content (AvgIpc) is 3.03. The number of aromatic nitrogens is 2. The summed E-state index contributed by atoms with van der Waals surface area (Å²) in [6.07, 6.45) is 4.40. The smallest absolute Gasteiger partial charge is 0.258 e.